The molecule has 0 saturated carbocycles. The van der Waals surface area contributed by atoms with E-state index in [-0.39, 0.29) is 23.5 Å². The number of nitrogens with zero attached hydrogens (tertiary/aromatic N) is 1. The predicted molar refractivity (Wildman–Crippen MR) is 97.1 cm³/mol. The van der Waals surface area contributed by atoms with E-state index in [1.807, 2.05) is 24.3 Å². The molecule has 1 aromatic rings. The second-order valence-corrected chi connectivity index (χ2v) is 6.84. The van der Waals surface area contributed by atoms with Gasteiger partial charge in [0.2, 0.25) is 5.91 Å². The monoisotopic (exact) mass is 352 g/mol. The summed E-state index contributed by atoms with van der Waals surface area (Å²) in [5.74, 6) is 1.14. The fourth-order valence-corrected chi connectivity index (χ4v) is 3.07. The summed E-state index contributed by atoms with van der Waals surface area (Å²) in [7, 11) is 0. The van der Waals surface area contributed by atoms with Gasteiger partial charge in [0.25, 0.3) is 5.91 Å². The Kier molecular flexibility index (Phi) is 6.23. The fraction of sp³-hybridized carbons (Fsp3) is 0.400. The topological polar surface area (TPSA) is 73.5 Å². The molecule has 1 aliphatic heterocycles. The van der Waals surface area contributed by atoms with Gasteiger partial charge in [0.15, 0.2) is 5.11 Å². The van der Waals surface area contributed by atoms with E-state index in [2.05, 4.69) is 30.0 Å². The van der Waals surface area contributed by atoms with Crippen molar-refractivity contribution < 1.29 is 9.59 Å². The van der Waals surface area contributed by atoms with Crippen LogP contribution in [0.5, 0.6) is 0 Å². The molecule has 1 fully saturated rings. The van der Waals surface area contributed by atoms with Crippen molar-refractivity contribution in [3.05, 3.63) is 29.8 Å². The quantitative estimate of drug-likeness (QED) is 0.565. The Morgan fingerprint density at radius 2 is 2.00 bits per heavy atom. The summed E-state index contributed by atoms with van der Waals surface area (Å²) < 4.78 is 0. The Labute approximate surface area is 145 Å². The number of carbonyl (C=O) groups is 2. The average molecular weight is 352 g/mol. The minimum absolute atomic E-state index is 0.0175. The third-order valence-electron chi connectivity index (χ3n) is 3.31. The van der Waals surface area contributed by atoms with Crippen LogP contribution in [-0.2, 0) is 9.59 Å². The molecule has 1 aromatic carbocycles. The van der Waals surface area contributed by atoms with Crippen LogP contribution in [-0.4, -0.2) is 40.0 Å². The highest BCUT2D eigenvalue weighted by Gasteiger charge is 2.22. The number of thioether (sulfide) groups is 1. The lowest BCUT2D eigenvalue weighted by Gasteiger charge is -2.16. The molecule has 124 valence electrons. The lowest BCUT2D eigenvalue weighted by Crippen LogP contribution is -2.48. The SMILES string of the molecule is CC(C)c1ccc(NC(=S)NNC(=O)CN2CSCC2=O)cc1. The maximum atomic E-state index is 11.8. The first-order chi connectivity index (χ1) is 11.0. The first kappa shape index (κ1) is 17.6. The molecule has 1 heterocycles. The predicted octanol–water partition coefficient (Wildman–Crippen LogP) is 1.66. The highest BCUT2D eigenvalue weighted by molar-refractivity contribution is 8.00. The molecule has 1 aliphatic rings. The minimum atomic E-state index is -0.305. The largest absolute Gasteiger partial charge is 0.331 e. The van der Waals surface area contributed by atoms with Crippen LogP contribution in [0.3, 0.4) is 0 Å². The van der Waals surface area contributed by atoms with Gasteiger partial charge in [-0.15, -0.1) is 11.8 Å². The number of amides is 2. The van der Waals surface area contributed by atoms with Gasteiger partial charge in [-0.3, -0.25) is 20.4 Å². The first-order valence-corrected chi connectivity index (χ1v) is 8.83. The number of hydrogen-bond donors (Lipinski definition) is 3. The van der Waals surface area contributed by atoms with Crippen LogP contribution in [0.1, 0.15) is 25.3 Å². The minimum Gasteiger partial charge on any atom is -0.331 e. The van der Waals surface area contributed by atoms with Crippen LogP contribution in [0.2, 0.25) is 0 Å². The Hall–Kier alpha value is -1.80. The molecular formula is C15H20N4O2S2. The van der Waals surface area contributed by atoms with E-state index in [9.17, 15) is 9.59 Å². The lowest BCUT2D eigenvalue weighted by atomic mass is 10.0. The Balaban J connectivity index is 1.74. The maximum Gasteiger partial charge on any atom is 0.258 e. The molecule has 1 saturated heterocycles. The van der Waals surface area contributed by atoms with Crippen LogP contribution in [0.15, 0.2) is 24.3 Å². The molecular weight excluding hydrogens is 332 g/mol. The van der Waals surface area contributed by atoms with E-state index in [1.54, 1.807) is 0 Å². The summed E-state index contributed by atoms with van der Waals surface area (Å²) in [6, 6.07) is 7.94. The van der Waals surface area contributed by atoms with E-state index in [0.29, 0.717) is 17.5 Å². The Morgan fingerprint density at radius 1 is 1.30 bits per heavy atom. The molecule has 0 spiro atoms. The summed E-state index contributed by atoms with van der Waals surface area (Å²) in [4.78, 5) is 24.7. The molecule has 0 aliphatic carbocycles. The van der Waals surface area contributed by atoms with Crippen LogP contribution in [0, 0.1) is 0 Å². The van der Waals surface area contributed by atoms with Gasteiger partial charge in [-0.1, -0.05) is 26.0 Å². The molecule has 0 radical (unpaired) electrons. The Morgan fingerprint density at radius 3 is 2.57 bits per heavy atom. The van der Waals surface area contributed by atoms with Gasteiger partial charge >= 0.3 is 0 Å². The molecule has 23 heavy (non-hydrogen) atoms. The van der Waals surface area contributed by atoms with Crippen LogP contribution < -0.4 is 16.2 Å². The number of hydrazine groups is 1. The number of nitrogens with one attached hydrogen (secondary N) is 3. The molecule has 0 bridgehead atoms. The number of carbonyl (C=O) groups excluding carboxylic acids is 2. The van der Waals surface area contributed by atoms with Gasteiger partial charge in [0.1, 0.15) is 6.54 Å². The van der Waals surface area contributed by atoms with Crippen molar-refractivity contribution in [3.8, 4) is 0 Å². The zero-order valence-corrected chi connectivity index (χ0v) is 14.7. The molecule has 0 aromatic heterocycles. The number of benzene rings is 1. The highest BCUT2D eigenvalue weighted by atomic mass is 32.2. The molecule has 0 unspecified atom stereocenters. The third-order valence-corrected chi connectivity index (χ3v) is 4.46. The van der Waals surface area contributed by atoms with Crippen LogP contribution in [0.4, 0.5) is 5.69 Å². The van der Waals surface area contributed by atoms with Crippen molar-refractivity contribution in [3.63, 3.8) is 0 Å². The van der Waals surface area contributed by atoms with Crippen molar-refractivity contribution in [2.75, 3.05) is 23.5 Å². The molecule has 2 rings (SSSR count). The summed E-state index contributed by atoms with van der Waals surface area (Å²) >= 11 is 6.62. The van der Waals surface area contributed by atoms with Gasteiger partial charge in [0.05, 0.1) is 11.6 Å². The number of anilines is 1. The average Bonchev–Trinajstić information content (AvgIpc) is 2.91. The smallest absolute Gasteiger partial charge is 0.258 e. The normalized spacial score (nSPS) is 14.0. The zero-order valence-electron chi connectivity index (χ0n) is 13.1. The molecule has 6 nitrogen and oxygen atoms in total. The summed E-state index contributed by atoms with van der Waals surface area (Å²) in [5.41, 5.74) is 7.20. The lowest BCUT2D eigenvalue weighted by molar-refractivity contribution is -0.132. The zero-order chi connectivity index (χ0) is 16.8. The van der Waals surface area contributed by atoms with Crippen molar-refractivity contribution in [2.24, 2.45) is 0 Å². The Bertz CT molecular complexity index is 590. The van der Waals surface area contributed by atoms with E-state index in [0.717, 1.165) is 5.69 Å². The van der Waals surface area contributed by atoms with Crippen LogP contribution >= 0.6 is 24.0 Å². The third kappa shape index (κ3) is 5.40. The molecule has 0 atom stereocenters. The first-order valence-electron chi connectivity index (χ1n) is 7.27. The summed E-state index contributed by atoms with van der Waals surface area (Å²) in [5, 5.41) is 3.28. The molecule has 2 amide bonds. The number of thiocarbonyl (C=S) groups is 1. The van der Waals surface area contributed by atoms with Gasteiger partial charge < -0.3 is 10.2 Å². The maximum absolute atomic E-state index is 11.8. The van der Waals surface area contributed by atoms with Gasteiger partial charge in [0, 0.05) is 5.69 Å². The van der Waals surface area contributed by atoms with Gasteiger partial charge in [-0.05, 0) is 35.8 Å². The van der Waals surface area contributed by atoms with E-state index >= 15 is 0 Å². The van der Waals surface area contributed by atoms with Crippen LogP contribution in [0.25, 0.3) is 0 Å². The van der Waals surface area contributed by atoms with Crippen molar-refractivity contribution in [1.82, 2.24) is 15.8 Å². The molecule has 8 heteroatoms. The summed E-state index contributed by atoms with van der Waals surface area (Å²) in [6.07, 6.45) is 0. The second-order valence-electron chi connectivity index (χ2n) is 5.47. The highest BCUT2D eigenvalue weighted by Crippen LogP contribution is 2.17. The standard InChI is InChI=1S/C15H20N4O2S2/c1-10(2)11-3-5-12(6-4-11)16-15(22)18-17-13(20)7-19-9-23-8-14(19)21/h3-6,10H,7-9H2,1-2H3,(H,17,20)(H2,16,18,22). The number of hydrogen-bond acceptors (Lipinski definition) is 4. The van der Waals surface area contributed by atoms with Gasteiger partial charge in [-0.25, -0.2) is 0 Å². The van der Waals surface area contributed by atoms with Crippen molar-refractivity contribution in [1.29, 1.82) is 0 Å². The van der Waals surface area contributed by atoms with E-state index in [1.165, 1.54) is 22.2 Å². The fourth-order valence-electron chi connectivity index (χ4n) is 1.99. The van der Waals surface area contributed by atoms with Gasteiger partial charge in [-0.2, -0.15) is 0 Å². The van der Waals surface area contributed by atoms with Crippen molar-refractivity contribution >= 4 is 46.6 Å². The molecule has 3 N–H and O–H groups in total. The van der Waals surface area contributed by atoms with E-state index < -0.39 is 0 Å². The number of rotatable bonds is 4. The summed E-state index contributed by atoms with van der Waals surface area (Å²) in [6.45, 7) is 4.30. The van der Waals surface area contributed by atoms with E-state index in [4.69, 9.17) is 12.2 Å². The second kappa shape index (κ2) is 8.16. The van der Waals surface area contributed by atoms with Crippen molar-refractivity contribution in [2.45, 2.75) is 19.8 Å².